The van der Waals surface area contributed by atoms with Crippen molar-refractivity contribution in [2.24, 2.45) is 0 Å². The lowest BCUT2D eigenvalue weighted by atomic mass is 10.3. The first kappa shape index (κ1) is 16.2. The SMILES string of the molecule is O=C(COc1ccc(Br)cc1Cl)OCc1nc2ccccc2s1. The second kappa shape index (κ2) is 7.29. The van der Waals surface area contributed by atoms with Gasteiger partial charge in [0.1, 0.15) is 17.4 Å². The molecule has 0 N–H and O–H groups in total. The van der Waals surface area contributed by atoms with Gasteiger partial charge in [-0.3, -0.25) is 0 Å². The number of carbonyl (C=O) groups excluding carboxylic acids is 1. The van der Waals surface area contributed by atoms with E-state index in [-0.39, 0.29) is 13.2 Å². The summed E-state index contributed by atoms with van der Waals surface area (Å²) in [5, 5.41) is 1.18. The third-order valence-corrected chi connectivity index (χ3v) is 4.73. The summed E-state index contributed by atoms with van der Waals surface area (Å²) in [5.74, 6) is -0.0324. The first-order chi connectivity index (χ1) is 11.1. The molecule has 0 bridgehead atoms. The van der Waals surface area contributed by atoms with Gasteiger partial charge < -0.3 is 9.47 Å². The van der Waals surface area contributed by atoms with E-state index in [1.165, 1.54) is 11.3 Å². The topological polar surface area (TPSA) is 48.4 Å². The summed E-state index contributed by atoms with van der Waals surface area (Å²) in [6.45, 7) is -0.0676. The summed E-state index contributed by atoms with van der Waals surface area (Å²) in [6.07, 6.45) is 0. The van der Waals surface area contributed by atoms with E-state index in [2.05, 4.69) is 20.9 Å². The number of rotatable bonds is 5. The summed E-state index contributed by atoms with van der Waals surface area (Å²) < 4.78 is 12.4. The highest BCUT2D eigenvalue weighted by Crippen LogP contribution is 2.27. The second-order valence-corrected chi connectivity index (χ2v) is 7.04. The smallest absolute Gasteiger partial charge is 0.344 e. The minimum absolute atomic E-state index is 0.135. The number of para-hydroxylation sites is 1. The molecule has 0 amide bonds. The number of esters is 1. The Kier molecular flexibility index (Phi) is 5.15. The zero-order valence-electron chi connectivity index (χ0n) is 11.8. The molecule has 0 aliphatic heterocycles. The molecule has 0 spiro atoms. The lowest BCUT2D eigenvalue weighted by Crippen LogP contribution is -2.14. The van der Waals surface area contributed by atoms with E-state index in [4.69, 9.17) is 21.1 Å². The van der Waals surface area contributed by atoms with Gasteiger partial charge in [-0.1, -0.05) is 39.7 Å². The molecule has 0 aliphatic rings. The number of ether oxygens (including phenoxy) is 2. The van der Waals surface area contributed by atoms with E-state index in [1.54, 1.807) is 18.2 Å². The van der Waals surface area contributed by atoms with Crippen molar-refractivity contribution in [2.45, 2.75) is 6.61 Å². The highest BCUT2D eigenvalue weighted by molar-refractivity contribution is 9.10. The van der Waals surface area contributed by atoms with Crippen LogP contribution in [0.2, 0.25) is 5.02 Å². The zero-order chi connectivity index (χ0) is 16.2. The predicted octanol–water partition coefficient (Wildman–Crippen LogP) is 4.83. The standard InChI is InChI=1S/C16H11BrClNO3S/c17-10-5-6-13(11(18)7-10)21-9-16(20)22-8-15-19-12-3-1-2-4-14(12)23-15/h1-7H,8-9H2. The largest absolute Gasteiger partial charge is 0.480 e. The molecule has 0 radical (unpaired) electrons. The van der Waals surface area contributed by atoms with Crippen molar-refractivity contribution in [3.05, 3.63) is 57.0 Å². The van der Waals surface area contributed by atoms with Gasteiger partial charge in [-0.25, -0.2) is 9.78 Å². The average molecular weight is 413 g/mol. The third kappa shape index (κ3) is 4.22. The van der Waals surface area contributed by atoms with Gasteiger partial charge in [-0.2, -0.15) is 0 Å². The van der Waals surface area contributed by atoms with Crippen molar-refractivity contribution in [1.82, 2.24) is 4.98 Å². The Bertz CT molecular complexity index is 819. The van der Waals surface area contributed by atoms with Gasteiger partial charge in [-0.15, -0.1) is 11.3 Å². The molecular weight excluding hydrogens is 402 g/mol. The Morgan fingerprint density at radius 2 is 2.09 bits per heavy atom. The molecule has 3 aromatic rings. The molecule has 23 heavy (non-hydrogen) atoms. The molecule has 0 unspecified atom stereocenters. The number of fused-ring (bicyclic) bond motifs is 1. The molecule has 0 aliphatic carbocycles. The minimum Gasteiger partial charge on any atom is -0.480 e. The highest BCUT2D eigenvalue weighted by atomic mass is 79.9. The molecule has 0 saturated heterocycles. The minimum atomic E-state index is -0.469. The van der Waals surface area contributed by atoms with Gasteiger partial charge in [0.05, 0.1) is 15.2 Å². The fraction of sp³-hybridized carbons (Fsp3) is 0.125. The fourth-order valence-corrected chi connectivity index (χ4v) is 3.50. The summed E-state index contributed by atoms with van der Waals surface area (Å²) in [4.78, 5) is 16.2. The zero-order valence-corrected chi connectivity index (χ0v) is 15.0. The lowest BCUT2D eigenvalue weighted by molar-refractivity contribution is -0.147. The van der Waals surface area contributed by atoms with Crippen molar-refractivity contribution in [3.8, 4) is 5.75 Å². The van der Waals surface area contributed by atoms with Crippen LogP contribution in [-0.2, 0) is 16.1 Å². The Balaban J connectivity index is 1.53. The summed E-state index contributed by atoms with van der Waals surface area (Å²) in [5.41, 5.74) is 0.904. The maximum atomic E-state index is 11.8. The molecule has 3 rings (SSSR count). The number of benzene rings is 2. The first-order valence-corrected chi connectivity index (χ1v) is 8.68. The molecule has 118 valence electrons. The van der Waals surface area contributed by atoms with Crippen LogP contribution in [0.15, 0.2) is 46.9 Å². The Labute approximate surface area is 150 Å². The van der Waals surface area contributed by atoms with Gasteiger partial charge in [0.2, 0.25) is 0 Å². The van der Waals surface area contributed by atoms with Crippen LogP contribution in [0.4, 0.5) is 0 Å². The van der Waals surface area contributed by atoms with Gasteiger partial charge in [-0.05, 0) is 30.3 Å². The van der Waals surface area contributed by atoms with Crippen LogP contribution in [0.5, 0.6) is 5.75 Å². The Hall–Kier alpha value is -1.63. The van der Waals surface area contributed by atoms with E-state index in [0.717, 1.165) is 19.7 Å². The number of carbonyl (C=O) groups is 1. The summed E-state index contributed by atoms with van der Waals surface area (Å²) in [7, 11) is 0. The van der Waals surface area contributed by atoms with Crippen LogP contribution in [0.25, 0.3) is 10.2 Å². The quantitative estimate of drug-likeness (QED) is 0.563. The van der Waals surface area contributed by atoms with E-state index in [0.29, 0.717) is 10.8 Å². The molecule has 0 fully saturated rings. The van der Waals surface area contributed by atoms with Crippen molar-refractivity contribution in [1.29, 1.82) is 0 Å². The molecule has 1 aromatic heterocycles. The summed E-state index contributed by atoms with van der Waals surface area (Å²) >= 11 is 10.8. The molecular formula is C16H11BrClNO3S. The molecule has 2 aromatic carbocycles. The van der Waals surface area contributed by atoms with Crippen molar-refractivity contribution < 1.29 is 14.3 Å². The van der Waals surface area contributed by atoms with E-state index in [9.17, 15) is 4.79 Å². The van der Waals surface area contributed by atoms with Gasteiger partial charge >= 0.3 is 5.97 Å². The number of hydrogen-bond acceptors (Lipinski definition) is 5. The number of aromatic nitrogens is 1. The normalized spacial score (nSPS) is 10.7. The fourth-order valence-electron chi connectivity index (χ4n) is 1.89. The Morgan fingerprint density at radius 3 is 2.87 bits per heavy atom. The predicted molar refractivity (Wildman–Crippen MR) is 94.1 cm³/mol. The van der Waals surface area contributed by atoms with Crippen LogP contribution < -0.4 is 4.74 Å². The van der Waals surface area contributed by atoms with Crippen molar-refractivity contribution in [2.75, 3.05) is 6.61 Å². The molecule has 4 nitrogen and oxygen atoms in total. The van der Waals surface area contributed by atoms with Crippen LogP contribution in [0.3, 0.4) is 0 Å². The number of halogens is 2. The molecule has 7 heteroatoms. The van der Waals surface area contributed by atoms with Crippen LogP contribution in [-0.4, -0.2) is 17.6 Å². The van der Waals surface area contributed by atoms with Crippen LogP contribution >= 0.6 is 38.9 Å². The number of hydrogen-bond donors (Lipinski definition) is 0. The summed E-state index contributed by atoms with van der Waals surface area (Å²) in [6, 6.07) is 13.0. The van der Waals surface area contributed by atoms with Gasteiger partial charge in [0.25, 0.3) is 0 Å². The molecule has 0 saturated carbocycles. The van der Waals surface area contributed by atoms with Crippen LogP contribution in [0.1, 0.15) is 5.01 Å². The first-order valence-electron chi connectivity index (χ1n) is 6.70. The lowest BCUT2D eigenvalue weighted by Gasteiger charge is -2.07. The van der Waals surface area contributed by atoms with Gasteiger partial charge in [0, 0.05) is 4.47 Å². The third-order valence-electron chi connectivity index (χ3n) is 2.93. The molecule has 0 atom stereocenters. The Morgan fingerprint density at radius 1 is 1.26 bits per heavy atom. The van der Waals surface area contributed by atoms with E-state index >= 15 is 0 Å². The highest BCUT2D eigenvalue weighted by Gasteiger charge is 2.10. The average Bonchev–Trinajstić information content (AvgIpc) is 2.95. The van der Waals surface area contributed by atoms with E-state index in [1.807, 2.05) is 24.3 Å². The number of nitrogens with zero attached hydrogens (tertiary/aromatic N) is 1. The monoisotopic (exact) mass is 411 g/mol. The number of thiazole rings is 1. The second-order valence-electron chi connectivity index (χ2n) is 4.60. The van der Waals surface area contributed by atoms with Crippen LogP contribution in [0, 0.1) is 0 Å². The van der Waals surface area contributed by atoms with Gasteiger partial charge in [0.15, 0.2) is 6.61 Å². The van der Waals surface area contributed by atoms with E-state index < -0.39 is 5.97 Å². The molecule has 1 heterocycles. The van der Waals surface area contributed by atoms with Crippen molar-refractivity contribution >= 4 is 55.1 Å². The van der Waals surface area contributed by atoms with Crippen molar-refractivity contribution in [3.63, 3.8) is 0 Å². The maximum absolute atomic E-state index is 11.8. The maximum Gasteiger partial charge on any atom is 0.344 e.